The molecule has 0 radical (unpaired) electrons. The number of hydrogen-bond donors (Lipinski definition) is 0. The summed E-state index contributed by atoms with van der Waals surface area (Å²) in [6.07, 6.45) is -0.316. The molecule has 4 aromatic carbocycles. The van der Waals surface area contributed by atoms with Crippen LogP contribution in [0.5, 0.6) is 0 Å². The van der Waals surface area contributed by atoms with Crippen molar-refractivity contribution in [3.63, 3.8) is 0 Å². The number of rotatable bonds is 5. The first kappa shape index (κ1) is 28.1. The van der Waals surface area contributed by atoms with Gasteiger partial charge in [0.15, 0.2) is 0 Å². The van der Waals surface area contributed by atoms with Crippen LogP contribution < -0.4 is 0 Å². The highest BCUT2D eigenvalue weighted by Gasteiger charge is 2.73. The van der Waals surface area contributed by atoms with Crippen LogP contribution in [0.4, 0.5) is 4.39 Å². The van der Waals surface area contributed by atoms with E-state index in [9.17, 15) is 9.59 Å². The molecule has 1 aliphatic carbocycles. The average Bonchev–Trinajstić information content (AvgIpc) is 3.46. The van der Waals surface area contributed by atoms with Gasteiger partial charge in [-0.25, -0.2) is 14.0 Å². The summed E-state index contributed by atoms with van der Waals surface area (Å²) in [6.45, 7) is 7.50. The van der Waals surface area contributed by atoms with Crippen LogP contribution in [0.3, 0.4) is 0 Å². The van der Waals surface area contributed by atoms with Crippen LogP contribution >= 0.6 is 0 Å². The van der Waals surface area contributed by atoms with E-state index < -0.39 is 40.9 Å². The van der Waals surface area contributed by atoms with Gasteiger partial charge in [-0.05, 0) is 73.6 Å². The maximum absolute atomic E-state index is 16.7. The lowest BCUT2D eigenvalue weighted by atomic mass is 9.54. The van der Waals surface area contributed by atoms with Crippen LogP contribution in [-0.4, -0.2) is 35.6 Å². The van der Waals surface area contributed by atoms with Gasteiger partial charge in [-0.3, -0.25) is 0 Å². The highest BCUT2D eigenvalue weighted by molar-refractivity contribution is 6.08. The Bertz CT molecular complexity index is 1810. The Morgan fingerprint density at radius 3 is 1.77 bits per heavy atom. The fraction of sp³-hybridized carbons (Fsp3) is 0.263. The summed E-state index contributed by atoms with van der Waals surface area (Å²) >= 11 is 0. The SMILES string of the molecule is CC(C)OC(=O)C1=C(C(=O)OC(C)C)C2(c3ccccc3-c3ccccc32)C2(c3ccccc3F)c3ccccc3CCN12. The molecular formula is C38H34FNO4. The third-order valence-corrected chi connectivity index (χ3v) is 9.14. The van der Waals surface area contributed by atoms with Crippen molar-refractivity contribution >= 4 is 11.9 Å². The van der Waals surface area contributed by atoms with Crippen molar-refractivity contribution in [1.82, 2.24) is 4.90 Å². The van der Waals surface area contributed by atoms with E-state index in [1.807, 2.05) is 77.7 Å². The molecule has 1 spiro atoms. The van der Waals surface area contributed by atoms with Crippen molar-refractivity contribution in [3.8, 4) is 11.1 Å². The van der Waals surface area contributed by atoms with E-state index in [-0.39, 0.29) is 11.3 Å². The lowest BCUT2D eigenvalue weighted by molar-refractivity contribution is -0.147. The Morgan fingerprint density at radius 1 is 0.682 bits per heavy atom. The summed E-state index contributed by atoms with van der Waals surface area (Å²) in [7, 11) is 0. The van der Waals surface area contributed by atoms with Crippen LogP contribution in [0.25, 0.3) is 11.1 Å². The molecule has 0 amide bonds. The highest BCUT2D eigenvalue weighted by atomic mass is 19.1. The van der Waals surface area contributed by atoms with Gasteiger partial charge in [0.2, 0.25) is 0 Å². The van der Waals surface area contributed by atoms with Crippen molar-refractivity contribution < 1.29 is 23.5 Å². The van der Waals surface area contributed by atoms with E-state index in [1.54, 1.807) is 39.8 Å². The fourth-order valence-electron chi connectivity index (χ4n) is 7.96. The molecule has 0 saturated heterocycles. The van der Waals surface area contributed by atoms with E-state index in [4.69, 9.17) is 9.47 Å². The molecule has 0 saturated carbocycles. The molecular weight excluding hydrogens is 553 g/mol. The zero-order valence-corrected chi connectivity index (χ0v) is 25.3. The Balaban J connectivity index is 1.76. The molecule has 6 heteroatoms. The molecule has 4 aromatic rings. The topological polar surface area (TPSA) is 55.8 Å². The van der Waals surface area contributed by atoms with Gasteiger partial charge in [0, 0.05) is 12.1 Å². The maximum atomic E-state index is 16.7. The number of hydrogen-bond acceptors (Lipinski definition) is 5. The Morgan fingerprint density at radius 2 is 1.18 bits per heavy atom. The average molecular weight is 588 g/mol. The summed E-state index contributed by atoms with van der Waals surface area (Å²) < 4.78 is 28.6. The number of halogens is 1. The molecule has 44 heavy (non-hydrogen) atoms. The van der Waals surface area contributed by atoms with Gasteiger partial charge in [0.25, 0.3) is 0 Å². The summed E-state index contributed by atoms with van der Waals surface area (Å²) in [5.41, 5.74) is 3.29. The van der Waals surface area contributed by atoms with Gasteiger partial charge in [0.05, 0.1) is 23.2 Å². The predicted molar refractivity (Wildman–Crippen MR) is 166 cm³/mol. The molecule has 2 aliphatic heterocycles. The second-order valence-electron chi connectivity index (χ2n) is 12.2. The molecule has 1 atom stereocenters. The molecule has 0 fully saturated rings. The van der Waals surface area contributed by atoms with Gasteiger partial charge in [-0.2, -0.15) is 0 Å². The Kier molecular flexibility index (Phi) is 6.50. The third kappa shape index (κ3) is 3.57. The lowest BCUT2D eigenvalue weighted by Gasteiger charge is -2.54. The van der Waals surface area contributed by atoms with Crippen molar-refractivity contribution in [2.24, 2.45) is 0 Å². The zero-order chi connectivity index (χ0) is 30.8. The van der Waals surface area contributed by atoms with Gasteiger partial charge < -0.3 is 14.4 Å². The number of benzene rings is 4. The fourth-order valence-corrected chi connectivity index (χ4v) is 7.96. The monoisotopic (exact) mass is 587 g/mol. The van der Waals surface area contributed by atoms with Gasteiger partial charge in [-0.15, -0.1) is 0 Å². The second kappa shape index (κ2) is 10.2. The smallest absolute Gasteiger partial charge is 0.355 e. The molecule has 0 N–H and O–H groups in total. The molecule has 7 rings (SSSR count). The molecule has 0 aromatic heterocycles. The van der Waals surface area contributed by atoms with E-state index in [0.29, 0.717) is 18.5 Å². The second-order valence-corrected chi connectivity index (χ2v) is 12.2. The van der Waals surface area contributed by atoms with Crippen LogP contribution in [0.15, 0.2) is 108 Å². The zero-order valence-electron chi connectivity index (χ0n) is 25.3. The minimum atomic E-state index is -1.37. The summed E-state index contributed by atoms with van der Waals surface area (Å²) in [4.78, 5) is 31.1. The summed E-state index contributed by atoms with van der Waals surface area (Å²) in [5.74, 6) is -1.68. The molecule has 5 nitrogen and oxygen atoms in total. The number of fused-ring (bicyclic) bond motifs is 9. The highest BCUT2D eigenvalue weighted by Crippen LogP contribution is 2.70. The molecule has 2 heterocycles. The number of carbonyl (C=O) groups is 2. The quantitative estimate of drug-likeness (QED) is 0.234. The van der Waals surface area contributed by atoms with Crippen LogP contribution in [-0.2, 0) is 36.4 Å². The first-order chi connectivity index (χ1) is 21.2. The van der Waals surface area contributed by atoms with Crippen molar-refractivity contribution in [2.75, 3.05) is 6.54 Å². The van der Waals surface area contributed by atoms with Crippen LogP contribution in [0.2, 0.25) is 0 Å². The predicted octanol–water partition coefficient (Wildman–Crippen LogP) is 7.07. The molecule has 1 unspecified atom stereocenters. The minimum Gasteiger partial charge on any atom is -0.460 e. The van der Waals surface area contributed by atoms with E-state index in [0.717, 1.165) is 33.4 Å². The Hall–Kier alpha value is -4.71. The third-order valence-electron chi connectivity index (χ3n) is 9.14. The Labute approximate surface area is 256 Å². The van der Waals surface area contributed by atoms with Crippen LogP contribution in [0.1, 0.15) is 55.5 Å². The first-order valence-corrected chi connectivity index (χ1v) is 15.2. The normalized spacial score (nSPS) is 19.1. The summed E-state index contributed by atoms with van der Waals surface area (Å²) in [6, 6.07) is 30.6. The molecule has 0 bridgehead atoms. The van der Waals surface area contributed by atoms with Crippen molar-refractivity contribution in [1.29, 1.82) is 0 Å². The number of esters is 2. The van der Waals surface area contributed by atoms with E-state index in [2.05, 4.69) is 6.07 Å². The largest absolute Gasteiger partial charge is 0.460 e. The number of carbonyl (C=O) groups excluding carboxylic acids is 2. The first-order valence-electron chi connectivity index (χ1n) is 15.2. The van der Waals surface area contributed by atoms with Crippen molar-refractivity contribution in [2.45, 2.75) is 57.3 Å². The molecule has 3 aliphatic rings. The van der Waals surface area contributed by atoms with E-state index >= 15 is 4.39 Å². The van der Waals surface area contributed by atoms with Gasteiger partial charge in [-0.1, -0.05) is 91.0 Å². The minimum absolute atomic E-state index is 0.119. The standard InChI is InChI=1S/C38H34FNO4/c1-23(2)43-35(41)33-34(36(42)44-24(3)4)40-22-21-25-13-5-8-16-28(25)38(40,31-19-11-12-20-32(31)39)37(33)29-17-9-6-14-26(29)27-15-7-10-18-30(27)37/h5-20,23-24H,21-22H2,1-4H3. The summed E-state index contributed by atoms with van der Waals surface area (Å²) in [5, 5.41) is 0. The van der Waals surface area contributed by atoms with Gasteiger partial charge >= 0.3 is 11.9 Å². The van der Waals surface area contributed by atoms with Crippen LogP contribution in [0, 0.1) is 5.82 Å². The van der Waals surface area contributed by atoms with Gasteiger partial charge in [0.1, 0.15) is 17.1 Å². The van der Waals surface area contributed by atoms with Crippen molar-refractivity contribution in [3.05, 3.63) is 142 Å². The lowest BCUT2D eigenvalue weighted by Crippen LogP contribution is -2.60. The van der Waals surface area contributed by atoms with E-state index in [1.165, 1.54) is 6.07 Å². The molecule has 222 valence electrons. The number of ether oxygens (including phenoxy) is 2. The number of nitrogens with zero attached hydrogens (tertiary/aromatic N) is 1. The maximum Gasteiger partial charge on any atom is 0.355 e.